The number of guanidine groups is 1. The second-order valence-corrected chi connectivity index (χ2v) is 6.86. The Hall–Kier alpha value is -0.340. The van der Waals surface area contributed by atoms with Gasteiger partial charge in [0.2, 0.25) is 0 Å². The molecule has 6 heteroatoms. The van der Waals surface area contributed by atoms with E-state index in [1.165, 1.54) is 30.8 Å². The van der Waals surface area contributed by atoms with Crippen LogP contribution < -0.4 is 11.1 Å². The lowest BCUT2D eigenvalue weighted by molar-refractivity contribution is 0.182. The van der Waals surface area contributed by atoms with Crippen molar-refractivity contribution in [1.29, 1.82) is 0 Å². The molecule has 0 bridgehead atoms. The first kappa shape index (κ1) is 18.7. The molecule has 2 heterocycles. The van der Waals surface area contributed by atoms with Gasteiger partial charge in [-0.2, -0.15) is 0 Å². The number of aliphatic imine (C=N–C) groups is 1. The van der Waals surface area contributed by atoms with Gasteiger partial charge in [-0.05, 0) is 57.1 Å². The van der Waals surface area contributed by atoms with Gasteiger partial charge in [-0.25, -0.2) is 0 Å². The predicted molar refractivity (Wildman–Crippen MR) is 102 cm³/mol. The first-order valence-electron chi connectivity index (χ1n) is 7.44. The molecule has 0 aliphatic carbocycles. The van der Waals surface area contributed by atoms with Crippen LogP contribution in [0, 0.1) is 5.92 Å². The molecule has 1 aliphatic rings. The highest BCUT2D eigenvalue weighted by atomic mass is 127. The van der Waals surface area contributed by atoms with Gasteiger partial charge in [0.05, 0.1) is 0 Å². The fourth-order valence-electron chi connectivity index (χ4n) is 2.52. The molecule has 0 amide bonds. The molecule has 0 radical (unpaired) electrons. The zero-order valence-electron chi connectivity index (χ0n) is 12.9. The molecule has 4 nitrogen and oxygen atoms in total. The highest BCUT2D eigenvalue weighted by Gasteiger charge is 2.19. The Morgan fingerprint density at radius 3 is 2.76 bits per heavy atom. The van der Waals surface area contributed by atoms with Crippen molar-refractivity contribution in [2.45, 2.75) is 39.3 Å². The van der Waals surface area contributed by atoms with E-state index in [4.69, 9.17) is 5.73 Å². The highest BCUT2D eigenvalue weighted by Crippen LogP contribution is 2.20. The monoisotopic (exact) mass is 422 g/mol. The van der Waals surface area contributed by atoms with Gasteiger partial charge >= 0.3 is 0 Å². The van der Waals surface area contributed by atoms with Crippen molar-refractivity contribution in [1.82, 2.24) is 10.2 Å². The van der Waals surface area contributed by atoms with E-state index in [-0.39, 0.29) is 24.0 Å². The smallest absolute Gasteiger partial charge is 0.188 e. The summed E-state index contributed by atoms with van der Waals surface area (Å²) in [6.45, 7) is 8.46. The van der Waals surface area contributed by atoms with E-state index in [2.05, 4.69) is 46.6 Å². The summed E-state index contributed by atoms with van der Waals surface area (Å²) in [5.74, 6) is 1.27. The maximum Gasteiger partial charge on any atom is 0.188 e. The van der Waals surface area contributed by atoms with Crippen molar-refractivity contribution in [2.75, 3.05) is 19.6 Å². The van der Waals surface area contributed by atoms with Crippen LogP contribution in [-0.4, -0.2) is 36.5 Å². The third kappa shape index (κ3) is 6.97. The number of rotatable bonds is 5. The maximum atomic E-state index is 5.84. The molecular formula is C15H27IN4S. The van der Waals surface area contributed by atoms with Crippen LogP contribution in [0.5, 0.6) is 0 Å². The molecule has 2 rings (SSSR count). The van der Waals surface area contributed by atoms with Crippen LogP contribution in [0.4, 0.5) is 0 Å². The summed E-state index contributed by atoms with van der Waals surface area (Å²) in [5.41, 5.74) is 5.84. The maximum absolute atomic E-state index is 5.84. The predicted octanol–water partition coefficient (Wildman–Crippen LogP) is 2.89. The van der Waals surface area contributed by atoms with Crippen molar-refractivity contribution in [3.05, 3.63) is 22.4 Å². The number of likely N-dealkylation sites (tertiary alicyclic amines) is 1. The van der Waals surface area contributed by atoms with Gasteiger partial charge in [0, 0.05) is 24.0 Å². The average Bonchev–Trinajstić information content (AvgIpc) is 2.90. The Kier molecular flexibility index (Phi) is 8.58. The first-order valence-corrected chi connectivity index (χ1v) is 8.32. The fraction of sp³-hybridized carbons (Fsp3) is 0.667. The summed E-state index contributed by atoms with van der Waals surface area (Å²) >= 11 is 1.85. The SMILES string of the molecule is CC(C)NC(N)=NCC1CCN(Cc2cccs2)CC1.I. The molecule has 0 aromatic carbocycles. The molecule has 1 aliphatic heterocycles. The van der Waals surface area contributed by atoms with Crippen molar-refractivity contribution >= 4 is 41.3 Å². The summed E-state index contributed by atoms with van der Waals surface area (Å²) < 4.78 is 0. The number of nitrogens with zero attached hydrogens (tertiary/aromatic N) is 2. The minimum Gasteiger partial charge on any atom is -0.370 e. The summed E-state index contributed by atoms with van der Waals surface area (Å²) in [6, 6.07) is 4.71. The number of hydrogen-bond acceptors (Lipinski definition) is 3. The molecule has 0 unspecified atom stereocenters. The van der Waals surface area contributed by atoms with E-state index in [1.807, 2.05) is 11.3 Å². The Morgan fingerprint density at radius 1 is 1.48 bits per heavy atom. The van der Waals surface area contributed by atoms with Crippen LogP contribution in [0.1, 0.15) is 31.6 Å². The minimum absolute atomic E-state index is 0. The number of nitrogens with two attached hydrogens (primary N) is 1. The number of halogens is 1. The van der Waals surface area contributed by atoms with E-state index >= 15 is 0 Å². The van der Waals surface area contributed by atoms with E-state index < -0.39 is 0 Å². The summed E-state index contributed by atoms with van der Waals surface area (Å²) in [5, 5.41) is 5.29. The second-order valence-electron chi connectivity index (χ2n) is 5.82. The van der Waals surface area contributed by atoms with Gasteiger partial charge in [-0.15, -0.1) is 35.3 Å². The number of hydrogen-bond donors (Lipinski definition) is 2. The van der Waals surface area contributed by atoms with Gasteiger partial charge in [-0.1, -0.05) is 6.07 Å². The Labute approximate surface area is 149 Å². The van der Waals surface area contributed by atoms with Crippen molar-refractivity contribution < 1.29 is 0 Å². The van der Waals surface area contributed by atoms with E-state index in [0.717, 1.165) is 13.1 Å². The average molecular weight is 422 g/mol. The highest BCUT2D eigenvalue weighted by molar-refractivity contribution is 14.0. The molecule has 21 heavy (non-hydrogen) atoms. The van der Waals surface area contributed by atoms with Gasteiger partial charge in [0.15, 0.2) is 5.96 Å². The Bertz CT molecular complexity index is 411. The molecule has 1 saturated heterocycles. The Balaban J connectivity index is 0.00000220. The summed E-state index contributed by atoms with van der Waals surface area (Å²) in [6.07, 6.45) is 2.45. The van der Waals surface area contributed by atoms with Crippen LogP contribution >= 0.6 is 35.3 Å². The molecule has 0 atom stereocenters. The van der Waals surface area contributed by atoms with E-state index in [0.29, 0.717) is 17.9 Å². The van der Waals surface area contributed by atoms with Crippen molar-refractivity contribution in [3.63, 3.8) is 0 Å². The van der Waals surface area contributed by atoms with Crippen LogP contribution in [-0.2, 0) is 6.54 Å². The number of piperidine rings is 1. The molecule has 1 fully saturated rings. The van der Waals surface area contributed by atoms with E-state index in [1.54, 1.807) is 0 Å². The van der Waals surface area contributed by atoms with Gasteiger partial charge in [0.25, 0.3) is 0 Å². The van der Waals surface area contributed by atoms with Crippen LogP contribution in [0.15, 0.2) is 22.5 Å². The lowest BCUT2D eigenvalue weighted by Crippen LogP contribution is -2.38. The standard InChI is InChI=1S/C15H26N4S.HI/c1-12(2)18-15(16)17-10-13-5-7-19(8-6-13)11-14-4-3-9-20-14;/h3-4,9,12-13H,5-8,10-11H2,1-2H3,(H3,16,17,18);1H. The minimum atomic E-state index is 0. The van der Waals surface area contributed by atoms with Crippen LogP contribution in [0.3, 0.4) is 0 Å². The Morgan fingerprint density at radius 2 is 2.19 bits per heavy atom. The third-order valence-electron chi connectivity index (χ3n) is 3.62. The lowest BCUT2D eigenvalue weighted by atomic mass is 9.97. The second kappa shape index (κ2) is 9.63. The zero-order chi connectivity index (χ0) is 14.4. The van der Waals surface area contributed by atoms with Crippen molar-refractivity contribution in [2.24, 2.45) is 16.6 Å². The molecule has 1 aromatic rings. The number of thiophene rings is 1. The van der Waals surface area contributed by atoms with Crippen LogP contribution in [0.2, 0.25) is 0 Å². The molecule has 3 N–H and O–H groups in total. The largest absolute Gasteiger partial charge is 0.370 e. The van der Waals surface area contributed by atoms with Gasteiger partial charge in [-0.3, -0.25) is 9.89 Å². The summed E-state index contributed by atoms with van der Waals surface area (Å²) in [7, 11) is 0. The topological polar surface area (TPSA) is 53.6 Å². The fourth-order valence-corrected chi connectivity index (χ4v) is 3.27. The summed E-state index contributed by atoms with van der Waals surface area (Å²) in [4.78, 5) is 8.46. The molecule has 120 valence electrons. The zero-order valence-corrected chi connectivity index (χ0v) is 16.1. The molecule has 1 aromatic heterocycles. The quantitative estimate of drug-likeness (QED) is 0.436. The molecular weight excluding hydrogens is 395 g/mol. The lowest BCUT2D eigenvalue weighted by Gasteiger charge is -2.30. The first-order chi connectivity index (χ1) is 9.63. The van der Waals surface area contributed by atoms with Crippen LogP contribution in [0.25, 0.3) is 0 Å². The third-order valence-corrected chi connectivity index (χ3v) is 4.48. The normalized spacial score (nSPS) is 17.8. The van der Waals surface area contributed by atoms with Gasteiger partial charge in [0.1, 0.15) is 0 Å². The van der Waals surface area contributed by atoms with E-state index in [9.17, 15) is 0 Å². The van der Waals surface area contributed by atoms with Gasteiger partial charge < -0.3 is 11.1 Å². The van der Waals surface area contributed by atoms with Crippen molar-refractivity contribution in [3.8, 4) is 0 Å². The number of nitrogens with one attached hydrogen (secondary N) is 1. The molecule has 0 spiro atoms. The molecule has 0 saturated carbocycles.